The van der Waals surface area contributed by atoms with Gasteiger partial charge in [0.15, 0.2) is 9.79 Å². The average Bonchev–Trinajstić information content (AvgIpc) is 2.84. The molecule has 1 unspecified atom stereocenters. The number of anilines is 2. The van der Waals surface area contributed by atoms with Gasteiger partial charge in [0.05, 0.1) is 25.6 Å². The number of carbonyl (C=O) groups is 3. The van der Waals surface area contributed by atoms with E-state index in [1.54, 1.807) is 43.0 Å². The minimum atomic E-state index is -1.54. The number of carbonyl (C=O) groups excluding carboxylic acids is 3. The van der Waals surface area contributed by atoms with Crippen molar-refractivity contribution in [2.75, 3.05) is 31.1 Å². The minimum Gasteiger partial charge on any atom is -0.606 e. The zero-order chi connectivity index (χ0) is 24.4. The molecule has 2 aromatic rings. The summed E-state index contributed by atoms with van der Waals surface area (Å²) in [5.41, 5.74) is 0.562. The summed E-state index contributed by atoms with van der Waals surface area (Å²) in [6.45, 7) is 1.69. The smallest absolute Gasteiger partial charge is 0.436 e. The van der Waals surface area contributed by atoms with Crippen molar-refractivity contribution >= 4 is 58.4 Å². The normalized spacial score (nSPS) is 11.8. The maximum absolute atomic E-state index is 13.1. The number of aliphatic imine (C=N–C) groups is 1. The summed E-state index contributed by atoms with van der Waals surface area (Å²) < 4.78 is 22.2. The molecule has 2 aromatic carbocycles. The van der Waals surface area contributed by atoms with Gasteiger partial charge in [-0.15, -0.1) is 16.8 Å². The van der Waals surface area contributed by atoms with Crippen molar-refractivity contribution < 1.29 is 28.4 Å². The van der Waals surface area contributed by atoms with E-state index in [0.717, 1.165) is 19.1 Å². The van der Waals surface area contributed by atoms with Gasteiger partial charge in [-0.3, -0.25) is 10.1 Å². The standard InChI is InChI=1S/C21H24N4O6S2/c1-5-18(26)22-16-11-10-15(33(29)14-8-6-13(32-4)7-9-14)12-17(16)23-19(24-20(27)30-2)25-21(28)31-3/h6-12H,5H2,1-4H3,(H,22,26)(H2,23,24,25,27,28). The Labute approximate surface area is 198 Å². The number of amides is 3. The number of nitrogens with one attached hydrogen (secondary N) is 3. The molecule has 0 aliphatic heterocycles. The first-order valence-electron chi connectivity index (χ1n) is 9.59. The molecule has 0 spiro atoms. The van der Waals surface area contributed by atoms with Crippen LogP contribution in [0.4, 0.5) is 21.0 Å². The zero-order valence-corrected chi connectivity index (χ0v) is 20.1. The summed E-state index contributed by atoms with van der Waals surface area (Å²) in [6, 6.07) is 12.0. The number of hydrogen-bond acceptors (Lipinski definition) is 7. The van der Waals surface area contributed by atoms with Crippen LogP contribution in [0.5, 0.6) is 0 Å². The van der Waals surface area contributed by atoms with E-state index >= 15 is 0 Å². The lowest BCUT2D eigenvalue weighted by atomic mass is 10.2. The fourth-order valence-electron chi connectivity index (χ4n) is 2.42. The predicted octanol–water partition coefficient (Wildman–Crippen LogP) is 3.81. The molecule has 0 radical (unpaired) electrons. The lowest BCUT2D eigenvalue weighted by Crippen LogP contribution is -2.36. The molecule has 2 rings (SSSR count). The molecular formula is C21H24N4O6S2. The molecule has 176 valence electrons. The van der Waals surface area contributed by atoms with Crippen LogP contribution in [0.2, 0.25) is 0 Å². The molecule has 0 aliphatic rings. The Morgan fingerprint density at radius 2 is 1.67 bits per heavy atom. The van der Waals surface area contributed by atoms with Crippen LogP contribution in [0.25, 0.3) is 0 Å². The van der Waals surface area contributed by atoms with Gasteiger partial charge < -0.3 is 24.7 Å². The molecule has 0 aromatic heterocycles. The van der Waals surface area contributed by atoms with Gasteiger partial charge >= 0.3 is 12.2 Å². The lowest BCUT2D eigenvalue weighted by Gasteiger charge is -2.17. The number of alkyl carbamates (subject to hydrolysis) is 1. The van der Waals surface area contributed by atoms with E-state index in [2.05, 4.69) is 30.4 Å². The molecule has 0 fully saturated rings. The molecule has 0 saturated heterocycles. The summed E-state index contributed by atoms with van der Waals surface area (Å²) >= 11 is 0.0374. The van der Waals surface area contributed by atoms with Crippen LogP contribution >= 0.6 is 11.8 Å². The quantitative estimate of drug-likeness (QED) is 0.239. The fraction of sp³-hybridized carbons (Fsp3) is 0.238. The van der Waals surface area contributed by atoms with Crippen LogP contribution in [-0.4, -0.2) is 49.1 Å². The molecule has 10 nitrogen and oxygen atoms in total. The Kier molecular flexibility index (Phi) is 10.0. The lowest BCUT2D eigenvalue weighted by molar-refractivity contribution is -0.115. The third kappa shape index (κ3) is 7.70. The van der Waals surface area contributed by atoms with Gasteiger partial charge in [0.25, 0.3) is 0 Å². The Morgan fingerprint density at radius 3 is 2.24 bits per heavy atom. The second-order valence-electron chi connectivity index (χ2n) is 6.23. The van der Waals surface area contributed by atoms with Gasteiger partial charge in [0.2, 0.25) is 11.9 Å². The topological polar surface area (TPSA) is 141 Å². The van der Waals surface area contributed by atoms with E-state index in [1.807, 2.05) is 18.4 Å². The van der Waals surface area contributed by atoms with Crippen molar-refractivity contribution in [1.29, 1.82) is 0 Å². The van der Waals surface area contributed by atoms with E-state index in [4.69, 9.17) is 0 Å². The molecule has 12 heteroatoms. The summed E-state index contributed by atoms with van der Waals surface area (Å²) in [4.78, 5) is 40.9. The van der Waals surface area contributed by atoms with Crippen molar-refractivity contribution in [1.82, 2.24) is 5.32 Å². The average molecular weight is 493 g/mol. The van der Waals surface area contributed by atoms with E-state index in [-0.39, 0.29) is 24.0 Å². The molecular weight excluding hydrogens is 468 g/mol. The first-order valence-corrected chi connectivity index (χ1v) is 12.0. The molecule has 3 amide bonds. The number of ether oxygens (including phenoxy) is 2. The highest BCUT2D eigenvalue weighted by molar-refractivity contribution is 7.98. The van der Waals surface area contributed by atoms with Gasteiger partial charge in [-0.1, -0.05) is 6.92 Å². The van der Waals surface area contributed by atoms with Gasteiger partial charge in [0, 0.05) is 28.6 Å². The predicted molar refractivity (Wildman–Crippen MR) is 127 cm³/mol. The molecule has 0 aliphatic carbocycles. The van der Waals surface area contributed by atoms with Crippen LogP contribution in [0.1, 0.15) is 13.3 Å². The molecule has 1 atom stereocenters. The maximum atomic E-state index is 13.1. The highest BCUT2D eigenvalue weighted by Crippen LogP contribution is 2.30. The SMILES string of the molecule is CCC(=O)Nc1ccc([S+]([O-])c2ccc(SC)cc2)cc1NC(=NC(=O)OC)NC(=O)OC. The number of benzene rings is 2. The second-order valence-corrected chi connectivity index (χ2v) is 8.59. The molecule has 0 bridgehead atoms. The summed E-state index contributed by atoms with van der Waals surface area (Å²) in [6.07, 6.45) is 0.293. The summed E-state index contributed by atoms with van der Waals surface area (Å²) in [5.74, 6) is -0.583. The Morgan fingerprint density at radius 1 is 1.00 bits per heavy atom. The molecule has 3 N–H and O–H groups in total. The van der Waals surface area contributed by atoms with Crippen LogP contribution in [0.15, 0.2) is 62.1 Å². The van der Waals surface area contributed by atoms with Crippen LogP contribution in [-0.2, 0) is 25.4 Å². The van der Waals surface area contributed by atoms with E-state index < -0.39 is 23.4 Å². The highest BCUT2D eigenvalue weighted by atomic mass is 32.2. The van der Waals surface area contributed by atoms with Gasteiger partial charge in [-0.05, 0) is 42.7 Å². The largest absolute Gasteiger partial charge is 0.606 e. The Balaban J connectivity index is 2.46. The number of guanidine groups is 1. The Bertz CT molecular complexity index is 1030. The monoisotopic (exact) mass is 492 g/mol. The minimum absolute atomic E-state index is 0.221. The van der Waals surface area contributed by atoms with Crippen molar-refractivity contribution in [3.05, 3.63) is 42.5 Å². The van der Waals surface area contributed by atoms with Crippen molar-refractivity contribution in [2.45, 2.75) is 28.0 Å². The summed E-state index contributed by atoms with van der Waals surface area (Å²) in [5, 5.41) is 7.71. The first-order chi connectivity index (χ1) is 15.8. The molecule has 0 heterocycles. The molecule has 33 heavy (non-hydrogen) atoms. The number of hydrogen-bond donors (Lipinski definition) is 3. The van der Waals surface area contributed by atoms with Crippen LogP contribution < -0.4 is 16.0 Å². The molecule has 0 saturated carbocycles. The number of rotatable bonds is 6. The number of methoxy groups -OCH3 is 2. The maximum Gasteiger partial charge on any atom is 0.436 e. The van der Waals surface area contributed by atoms with Crippen LogP contribution in [0.3, 0.4) is 0 Å². The first kappa shape index (κ1) is 26.0. The van der Waals surface area contributed by atoms with Crippen molar-refractivity contribution in [3.63, 3.8) is 0 Å². The van der Waals surface area contributed by atoms with Gasteiger partial charge in [-0.25, -0.2) is 9.59 Å². The van der Waals surface area contributed by atoms with E-state index in [0.29, 0.717) is 15.5 Å². The zero-order valence-electron chi connectivity index (χ0n) is 18.5. The number of thioether (sulfide) groups is 1. The van der Waals surface area contributed by atoms with Crippen LogP contribution in [0, 0.1) is 0 Å². The second kappa shape index (κ2) is 12.7. The summed E-state index contributed by atoms with van der Waals surface area (Å²) in [7, 11) is 2.27. The van der Waals surface area contributed by atoms with Crippen molar-refractivity contribution in [2.24, 2.45) is 4.99 Å². The third-order valence-electron chi connectivity index (χ3n) is 4.11. The highest BCUT2D eigenvalue weighted by Gasteiger charge is 2.19. The fourth-order valence-corrected chi connectivity index (χ4v) is 3.90. The van der Waals surface area contributed by atoms with Gasteiger partial charge in [0.1, 0.15) is 0 Å². The van der Waals surface area contributed by atoms with E-state index in [1.165, 1.54) is 6.07 Å². The Hall–Kier alpha value is -3.22. The number of nitrogens with zero attached hydrogens (tertiary/aromatic N) is 1. The van der Waals surface area contributed by atoms with Crippen molar-refractivity contribution in [3.8, 4) is 0 Å². The third-order valence-corrected chi connectivity index (χ3v) is 6.24. The van der Waals surface area contributed by atoms with Gasteiger partial charge in [-0.2, -0.15) is 0 Å². The van der Waals surface area contributed by atoms with E-state index in [9.17, 15) is 18.9 Å².